The summed E-state index contributed by atoms with van der Waals surface area (Å²) in [5, 5.41) is 0. The quantitative estimate of drug-likeness (QED) is 0.767. The first-order chi connectivity index (χ1) is 9.33. The van der Waals surface area contributed by atoms with Gasteiger partial charge in [-0.2, -0.15) is 0 Å². The van der Waals surface area contributed by atoms with Crippen molar-refractivity contribution >= 4 is 22.0 Å². The van der Waals surface area contributed by atoms with Gasteiger partial charge in [0.25, 0.3) is 0 Å². The highest BCUT2D eigenvalue weighted by Gasteiger charge is 2.20. The number of halogens is 1. The Hall–Kier alpha value is -1.38. The lowest BCUT2D eigenvalue weighted by atomic mass is 9.95. The van der Waals surface area contributed by atoms with E-state index in [0.29, 0.717) is 6.61 Å². The van der Waals surface area contributed by atoms with Gasteiger partial charge in [0, 0.05) is 6.42 Å². The van der Waals surface area contributed by atoms with Crippen LogP contribution in [0.4, 0.5) is 0 Å². The summed E-state index contributed by atoms with van der Waals surface area (Å²) in [4.78, 5) is 0. The van der Waals surface area contributed by atoms with Gasteiger partial charge in [-0.15, -0.1) is 0 Å². The summed E-state index contributed by atoms with van der Waals surface area (Å²) in [6.45, 7) is 0.653. The highest BCUT2D eigenvalue weighted by molar-refractivity contribution is 9.11. The van der Waals surface area contributed by atoms with Crippen LogP contribution in [-0.4, -0.2) is 0 Å². The predicted molar refractivity (Wildman–Crippen MR) is 81.9 cm³/mol. The molecule has 1 aliphatic carbocycles. The van der Waals surface area contributed by atoms with Gasteiger partial charge in [0.15, 0.2) is 0 Å². The fourth-order valence-corrected chi connectivity index (χ4v) is 2.91. The fraction of sp³-hybridized carbons (Fsp3) is 0.176. The summed E-state index contributed by atoms with van der Waals surface area (Å²) in [5.74, 6) is 0. The van der Waals surface area contributed by atoms with Crippen molar-refractivity contribution in [2.24, 2.45) is 0 Å². The maximum atomic E-state index is 6.10. The molecule has 0 bridgehead atoms. The highest BCUT2D eigenvalue weighted by atomic mass is 79.9. The number of hydrogen-bond donors (Lipinski definition) is 0. The molecule has 1 unspecified atom stereocenters. The Kier molecular flexibility index (Phi) is 3.81. The summed E-state index contributed by atoms with van der Waals surface area (Å²) in [7, 11) is 0. The van der Waals surface area contributed by atoms with Gasteiger partial charge in [0.2, 0.25) is 0 Å². The topological polar surface area (TPSA) is 9.23 Å². The predicted octanol–water partition coefficient (Wildman–Crippen LogP) is 5.08. The molecular formula is C17H15BrO. The van der Waals surface area contributed by atoms with Crippen LogP contribution in [0, 0.1) is 0 Å². The molecule has 2 aromatic carbocycles. The van der Waals surface area contributed by atoms with Crippen molar-refractivity contribution in [2.45, 2.75) is 19.1 Å². The van der Waals surface area contributed by atoms with Crippen molar-refractivity contribution < 1.29 is 4.74 Å². The van der Waals surface area contributed by atoms with Gasteiger partial charge in [-0.05, 0) is 27.2 Å². The van der Waals surface area contributed by atoms with Crippen LogP contribution in [-0.2, 0) is 11.3 Å². The molecule has 0 fully saturated rings. The van der Waals surface area contributed by atoms with E-state index in [-0.39, 0.29) is 6.10 Å². The van der Waals surface area contributed by atoms with Gasteiger partial charge in [-0.25, -0.2) is 0 Å². The van der Waals surface area contributed by atoms with E-state index in [0.717, 1.165) is 6.42 Å². The minimum atomic E-state index is 0.135. The molecule has 2 heteroatoms. The van der Waals surface area contributed by atoms with Crippen molar-refractivity contribution in [3.63, 3.8) is 0 Å². The molecule has 0 spiro atoms. The zero-order valence-corrected chi connectivity index (χ0v) is 12.1. The zero-order chi connectivity index (χ0) is 13.1. The van der Waals surface area contributed by atoms with Gasteiger partial charge in [-0.3, -0.25) is 0 Å². The van der Waals surface area contributed by atoms with Crippen LogP contribution in [0.3, 0.4) is 0 Å². The van der Waals surface area contributed by atoms with Crippen LogP contribution in [0.2, 0.25) is 0 Å². The first-order valence-corrected chi connectivity index (χ1v) is 7.23. The van der Waals surface area contributed by atoms with E-state index in [4.69, 9.17) is 4.74 Å². The Morgan fingerprint density at radius 3 is 2.58 bits per heavy atom. The summed E-state index contributed by atoms with van der Waals surface area (Å²) in [6.07, 6.45) is 3.22. The molecule has 0 heterocycles. The van der Waals surface area contributed by atoms with E-state index in [9.17, 15) is 0 Å². The standard InChI is InChI=1S/C17H15BrO/c18-15-10-14-8-4-5-9-16(14)17(11-15)19-12-13-6-2-1-3-7-13/h1-10,17H,11-12H2. The minimum Gasteiger partial charge on any atom is -0.368 e. The zero-order valence-electron chi connectivity index (χ0n) is 10.6. The van der Waals surface area contributed by atoms with Gasteiger partial charge in [0.05, 0.1) is 12.7 Å². The third-order valence-electron chi connectivity index (χ3n) is 3.33. The molecule has 3 rings (SSSR count). The van der Waals surface area contributed by atoms with Crippen molar-refractivity contribution in [3.8, 4) is 0 Å². The molecule has 0 aliphatic heterocycles. The SMILES string of the molecule is BrC1=Cc2ccccc2C(OCc2ccccc2)C1. The average Bonchev–Trinajstić information content (AvgIpc) is 2.45. The Bertz CT molecular complexity index is 589. The molecule has 0 saturated heterocycles. The van der Waals surface area contributed by atoms with Crippen LogP contribution in [0.25, 0.3) is 6.08 Å². The third kappa shape index (κ3) is 2.96. The maximum absolute atomic E-state index is 6.10. The number of fused-ring (bicyclic) bond motifs is 1. The molecule has 0 aromatic heterocycles. The minimum absolute atomic E-state index is 0.135. The molecule has 19 heavy (non-hydrogen) atoms. The maximum Gasteiger partial charge on any atom is 0.0880 e. The molecule has 2 aromatic rings. The largest absolute Gasteiger partial charge is 0.368 e. The summed E-state index contributed by atoms with van der Waals surface area (Å²) >= 11 is 3.61. The molecule has 96 valence electrons. The second kappa shape index (κ2) is 5.72. The van der Waals surface area contributed by atoms with Crippen molar-refractivity contribution in [3.05, 3.63) is 75.8 Å². The lowest BCUT2D eigenvalue weighted by Gasteiger charge is -2.24. The smallest absolute Gasteiger partial charge is 0.0880 e. The Morgan fingerprint density at radius 2 is 1.74 bits per heavy atom. The van der Waals surface area contributed by atoms with E-state index in [1.54, 1.807) is 0 Å². The highest BCUT2D eigenvalue weighted by Crippen LogP contribution is 2.37. The van der Waals surface area contributed by atoms with Crippen molar-refractivity contribution in [1.29, 1.82) is 0 Å². The molecule has 0 N–H and O–H groups in total. The Morgan fingerprint density at radius 1 is 1.00 bits per heavy atom. The lowest BCUT2D eigenvalue weighted by molar-refractivity contribution is 0.0404. The van der Waals surface area contributed by atoms with Gasteiger partial charge < -0.3 is 4.74 Å². The summed E-state index contributed by atoms with van der Waals surface area (Å²) in [5.41, 5.74) is 3.74. The van der Waals surface area contributed by atoms with E-state index >= 15 is 0 Å². The van der Waals surface area contributed by atoms with Crippen LogP contribution < -0.4 is 0 Å². The normalized spacial score (nSPS) is 17.7. The first-order valence-electron chi connectivity index (χ1n) is 6.43. The number of benzene rings is 2. The van der Waals surface area contributed by atoms with E-state index in [1.807, 2.05) is 18.2 Å². The summed E-state index contributed by atoms with van der Waals surface area (Å²) < 4.78 is 7.29. The molecule has 0 saturated carbocycles. The van der Waals surface area contributed by atoms with Crippen LogP contribution in [0.15, 0.2) is 59.1 Å². The van der Waals surface area contributed by atoms with Gasteiger partial charge in [-0.1, -0.05) is 70.5 Å². The van der Waals surface area contributed by atoms with Crippen LogP contribution in [0.5, 0.6) is 0 Å². The Balaban J connectivity index is 1.77. The van der Waals surface area contributed by atoms with Gasteiger partial charge in [0.1, 0.15) is 0 Å². The third-order valence-corrected chi connectivity index (χ3v) is 3.88. The molecular weight excluding hydrogens is 300 g/mol. The molecule has 1 atom stereocenters. The average molecular weight is 315 g/mol. The monoisotopic (exact) mass is 314 g/mol. The molecule has 1 nitrogen and oxygen atoms in total. The first kappa shape index (κ1) is 12.6. The molecule has 0 amide bonds. The second-order valence-electron chi connectivity index (χ2n) is 4.71. The molecule has 1 aliphatic rings. The van der Waals surface area contributed by atoms with E-state index in [1.165, 1.54) is 21.2 Å². The van der Waals surface area contributed by atoms with Crippen molar-refractivity contribution in [1.82, 2.24) is 0 Å². The van der Waals surface area contributed by atoms with Crippen LogP contribution in [0.1, 0.15) is 29.2 Å². The number of ether oxygens (including phenoxy) is 1. The fourth-order valence-electron chi connectivity index (χ4n) is 2.37. The number of hydrogen-bond acceptors (Lipinski definition) is 1. The van der Waals surface area contributed by atoms with E-state index in [2.05, 4.69) is 58.4 Å². The van der Waals surface area contributed by atoms with Gasteiger partial charge >= 0.3 is 0 Å². The second-order valence-corrected chi connectivity index (χ2v) is 5.73. The number of rotatable bonds is 3. The lowest BCUT2D eigenvalue weighted by Crippen LogP contribution is -2.09. The van der Waals surface area contributed by atoms with Crippen molar-refractivity contribution in [2.75, 3.05) is 0 Å². The summed E-state index contributed by atoms with van der Waals surface area (Å²) in [6, 6.07) is 18.7. The van der Waals surface area contributed by atoms with Crippen LogP contribution >= 0.6 is 15.9 Å². The van der Waals surface area contributed by atoms with E-state index < -0.39 is 0 Å². The molecule has 0 radical (unpaired) electrons. The Labute approximate surface area is 122 Å².